The highest BCUT2D eigenvalue weighted by Crippen LogP contribution is 2.31. The Labute approximate surface area is 118 Å². The SMILES string of the molecule is Cc1c(CCC(=O)N(C)C)sc2ccccc12.Cl. The van der Waals surface area contributed by atoms with Crippen LogP contribution in [0.3, 0.4) is 0 Å². The third-order valence-electron chi connectivity index (χ3n) is 3.01. The minimum Gasteiger partial charge on any atom is -0.349 e. The number of hydrogen-bond donors (Lipinski definition) is 0. The smallest absolute Gasteiger partial charge is 0.222 e. The number of amides is 1. The Kier molecular flexibility index (Phi) is 5.17. The first-order valence-corrected chi connectivity index (χ1v) is 6.58. The molecule has 1 heterocycles. The number of aryl methyl sites for hydroxylation is 2. The van der Waals surface area contributed by atoms with Gasteiger partial charge in [0.05, 0.1) is 0 Å². The maximum absolute atomic E-state index is 11.6. The summed E-state index contributed by atoms with van der Waals surface area (Å²) in [5, 5.41) is 1.32. The average molecular weight is 284 g/mol. The maximum Gasteiger partial charge on any atom is 0.222 e. The lowest BCUT2D eigenvalue weighted by Gasteiger charge is -2.09. The third kappa shape index (κ3) is 3.03. The molecule has 2 rings (SSSR count). The molecule has 4 heteroatoms. The number of carbonyl (C=O) groups excluding carboxylic acids is 1. The Hall–Kier alpha value is -1.06. The van der Waals surface area contributed by atoms with Crippen LogP contribution in [0.5, 0.6) is 0 Å². The minimum absolute atomic E-state index is 0. The summed E-state index contributed by atoms with van der Waals surface area (Å²) in [6.07, 6.45) is 1.45. The summed E-state index contributed by atoms with van der Waals surface area (Å²) in [6, 6.07) is 8.42. The molecule has 2 nitrogen and oxygen atoms in total. The molecule has 0 aliphatic rings. The van der Waals surface area contributed by atoms with Crippen molar-refractivity contribution in [3.05, 3.63) is 34.7 Å². The topological polar surface area (TPSA) is 20.3 Å². The molecule has 0 bridgehead atoms. The van der Waals surface area contributed by atoms with E-state index in [1.807, 2.05) is 0 Å². The second-order valence-electron chi connectivity index (χ2n) is 4.43. The van der Waals surface area contributed by atoms with E-state index in [2.05, 4.69) is 31.2 Å². The molecule has 2 aromatic rings. The second-order valence-corrected chi connectivity index (χ2v) is 5.57. The van der Waals surface area contributed by atoms with Gasteiger partial charge in [-0.05, 0) is 30.4 Å². The summed E-state index contributed by atoms with van der Waals surface area (Å²) in [6.45, 7) is 2.15. The number of hydrogen-bond acceptors (Lipinski definition) is 2. The molecular formula is C14H18ClNOS. The first-order chi connectivity index (χ1) is 8.09. The van der Waals surface area contributed by atoms with Gasteiger partial charge in [0, 0.05) is 30.1 Å². The average Bonchev–Trinajstić information content (AvgIpc) is 2.64. The van der Waals surface area contributed by atoms with Gasteiger partial charge in [-0.1, -0.05) is 18.2 Å². The van der Waals surface area contributed by atoms with Gasteiger partial charge in [0.1, 0.15) is 0 Å². The van der Waals surface area contributed by atoms with Gasteiger partial charge in [0.25, 0.3) is 0 Å². The van der Waals surface area contributed by atoms with Crippen LogP contribution >= 0.6 is 23.7 Å². The van der Waals surface area contributed by atoms with Crippen LogP contribution in [0.4, 0.5) is 0 Å². The molecule has 18 heavy (non-hydrogen) atoms. The predicted molar refractivity (Wildman–Crippen MR) is 80.8 cm³/mol. The largest absolute Gasteiger partial charge is 0.349 e. The fourth-order valence-corrected chi connectivity index (χ4v) is 3.12. The van der Waals surface area contributed by atoms with E-state index in [1.165, 1.54) is 20.5 Å². The summed E-state index contributed by atoms with van der Waals surface area (Å²) in [5.74, 6) is 0.196. The van der Waals surface area contributed by atoms with E-state index in [0.29, 0.717) is 6.42 Å². The number of carbonyl (C=O) groups is 1. The van der Waals surface area contributed by atoms with Crippen LogP contribution in [0, 0.1) is 6.92 Å². The van der Waals surface area contributed by atoms with Gasteiger partial charge in [0.2, 0.25) is 5.91 Å². The van der Waals surface area contributed by atoms with E-state index in [4.69, 9.17) is 0 Å². The van der Waals surface area contributed by atoms with Crippen LogP contribution < -0.4 is 0 Å². The first-order valence-electron chi connectivity index (χ1n) is 5.76. The fraction of sp³-hybridized carbons (Fsp3) is 0.357. The molecule has 98 valence electrons. The molecule has 0 N–H and O–H groups in total. The van der Waals surface area contributed by atoms with Gasteiger partial charge in [-0.15, -0.1) is 23.7 Å². The second kappa shape index (κ2) is 6.21. The van der Waals surface area contributed by atoms with Crippen molar-refractivity contribution in [3.8, 4) is 0 Å². The number of rotatable bonds is 3. The lowest BCUT2D eigenvalue weighted by atomic mass is 10.1. The van der Waals surface area contributed by atoms with Crippen LogP contribution in [0.25, 0.3) is 10.1 Å². The maximum atomic E-state index is 11.6. The zero-order chi connectivity index (χ0) is 12.4. The molecule has 0 aliphatic heterocycles. The molecule has 0 saturated heterocycles. The number of benzene rings is 1. The normalized spacial score (nSPS) is 10.2. The van der Waals surface area contributed by atoms with Crippen molar-refractivity contribution in [1.29, 1.82) is 0 Å². The molecule has 0 fully saturated rings. The van der Waals surface area contributed by atoms with E-state index >= 15 is 0 Å². The van der Waals surface area contributed by atoms with Crippen LogP contribution in [0.2, 0.25) is 0 Å². The highest BCUT2D eigenvalue weighted by molar-refractivity contribution is 7.19. The molecule has 0 radical (unpaired) electrons. The van der Waals surface area contributed by atoms with Crippen LogP contribution in [-0.2, 0) is 11.2 Å². The highest BCUT2D eigenvalue weighted by atomic mass is 35.5. The van der Waals surface area contributed by atoms with E-state index in [9.17, 15) is 4.79 Å². The number of fused-ring (bicyclic) bond motifs is 1. The monoisotopic (exact) mass is 283 g/mol. The van der Waals surface area contributed by atoms with Gasteiger partial charge < -0.3 is 4.90 Å². The van der Waals surface area contributed by atoms with Gasteiger partial charge in [0.15, 0.2) is 0 Å². The molecular weight excluding hydrogens is 266 g/mol. The lowest BCUT2D eigenvalue weighted by Crippen LogP contribution is -2.21. The van der Waals surface area contributed by atoms with Crippen molar-refractivity contribution in [3.63, 3.8) is 0 Å². The molecule has 1 aromatic carbocycles. The number of nitrogens with zero attached hydrogens (tertiary/aromatic N) is 1. The fourth-order valence-electron chi connectivity index (χ4n) is 1.91. The Morgan fingerprint density at radius 2 is 1.94 bits per heavy atom. The predicted octanol–water partition coefficient (Wildman–Crippen LogP) is 3.65. The van der Waals surface area contributed by atoms with Crippen molar-refractivity contribution in [2.24, 2.45) is 0 Å². The Morgan fingerprint density at radius 1 is 1.28 bits per heavy atom. The summed E-state index contributed by atoms with van der Waals surface area (Å²) < 4.78 is 1.32. The summed E-state index contributed by atoms with van der Waals surface area (Å²) in [7, 11) is 3.61. The molecule has 0 aliphatic carbocycles. The van der Waals surface area contributed by atoms with Crippen molar-refractivity contribution in [1.82, 2.24) is 4.90 Å². The van der Waals surface area contributed by atoms with Gasteiger partial charge in [-0.25, -0.2) is 0 Å². The lowest BCUT2D eigenvalue weighted by molar-refractivity contribution is -0.128. The van der Waals surface area contributed by atoms with Crippen LogP contribution in [0.1, 0.15) is 16.9 Å². The van der Waals surface area contributed by atoms with Crippen LogP contribution in [0.15, 0.2) is 24.3 Å². The quantitative estimate of drug-likeness (QED) is 0.842. The van der Waals surface area contributed by atoms with Crippen molar-refractivity contribution in [2.45, 2.75) is 19.8 Å². The molecule has 1 aromatic heterocycles. The Balaban J connectivity index is 0.00000162. The van der Waals surface area contributed by atoms with Gasteiger partial charge in [-0.2, -0.15) is 0 Å². The standard InChI is InChI=1S/C14H17NOS.ClH/c1-10-11-6-4-5-7-13(11)17-12(10)8-9-14(16)15(2)3;/h4-7H,8-9H2,1-3H3;1H. The zero-order valence-corrected chi connectivity index (χ0v) is 12.5. The van der Waals surface area contributed by atoms with Crippen molar-refractivity contribution in [2.75, 3.05) is 14.1 Å². The van der Waals surface area contributed by atoms with Gasteiger partial charge >= 0.3 is 0 Å². The molecule has 1 amide bonds. The Bertz CT molecular complexity index is 548. The first kappa shape index (κ1) is 15.0. The van der Waals surface area contributed by atoms with E-state index in [0.717, 1.165) is 6.42 Å². The Morgan fingerprint density at radius 3 is 2.56 bits per heavy atom. The van der Waals surface area contributed by atoms with E-state index in [1.54, 1.807) is 30.3 Å². The van der Waals surface area contributed by atoms with E-state index in [-0.39, 0.29) is 18.3 Å². The zero-order valence-electron chi connectivity index (χ0n) is 10.9. The molecule has 0 spiro atoms. The summed E-state index contributed by atoms with van der Waals surface area (Å²) in [4.78, 5) is 14.6. The van der Waals surface area contributed by atoms with Gasteiger partial charge in [-0.3, -0.25) is 4.79 Å². The minimum atomic E-state index is 0. The van der Waals surface area contributed by atoms with Crippen molar-refractivity contribution >= 4 is 39.7 Å². The van der Waals surface area contributed by atoms with E-state index < -0.39 is 0 Å². The van der Waals surface area contributed by atoms with Crippen LogP contribution in [-0.4, -0.2) is 24.9 Å². The third-order valence-corrected chi connectivity index (χ3v) is 4.34. The number of halogens is 1. The number of thiophene rings is 1. The summed E-state index contributed by atoms with van der Waals surface area (Å²) >= 11 is 1.81. The highest BCUT2D eigenvalue weighted by Gasteiger charge is 2.10. The molecule has 0 saturated carbocycles. The molecule has 0 atom stereocenters. The molecule has 0 unspecified atom stereocenters. The summed E-state index contributed by atoms with van der Waals surface area (Å²) in [5.41, 5.74) is 1.33. The van der Waals surface area contributed by atoms with Crippen molar-refractivity contribution < 1.29 is 4.79 Å².